The van der Waals surface area contributed by atoms with Crippen molar-refractivity contribution in [3.8, 4) is 5.75 Å². The second-order valence-corrected chi connectivity index (χ2v) is 6.12. The Kier molecular flexibility index (Phi) is 8.39. The van der Waals surface area contributed by atoms with Crippen LogP contribution in [0.3, 0.4) is 0 Å². The number of halogens is 3. The van der Waals surface area contributed by atoms with E-state index in [2.05, 4.69) is 26.0 Å². The average molecular weight is 406 g/mol. The highest BCUT2D eigenvalue weighted by Gasteiger charge is 2.10. The standard InChI is InChI=1S/C16H18BrF2NO4/c1-10(2)8-20-14(21)9-23-15(22)6-3-11-7-12(17)4-5-13(11)24-16(18)19/h3-7,10,16H,8-9H2,1-2H3,(H,20,21)/b6-3+. The van der Waals surface area contributed by atoms with Crippen molar-refractivity contribution in [2.75, 3.05) is 13.2 Å². The van der Waals surface area contributed by atoms with Crippen molar-refractivity contribution >= 4 is 33.9 Å². The first-order valence-corrected chi connectivity index (χ1v) is 7.93. The number of esters is 1. The molecule has 0 aliphatic rings. The van der Waals surface area contributed by atoms with Gasteiger partial charge in [0.25, 0.3) is 5.91 Å². The van der Waals surface area contributed by atoms with Crippen LogP contribution in [0.15, 0.2) is 28.7 Å². The predicted octanol–water partition coefficient (Wildman–Crippen LogP) is 3.38. The molecule has 1 amide bonds. The first-order valence-electron chi connectivity index (χ1n) is 7.14. The van der Waals surface area contributed by atoms with E-state index in [-0.39, 0.29) is 17.2 Å². The Morgan fingerprint density at radius 2 is 2.04 bits per heavy atom. The summed E-state index contributed by atoms with van der Waals surface area (Å²) in [6.45, 7) is 0.973. The first kappa shape index (κ1) is 20.1. The van der Waals surface area contributed by atoms with Crippen molar-refractivity contribution in [2.45, 2.75) is 20.5 Å². The second kappa shape index (κ2) is 10.0. The van der Waals surface area contributed by atoms with Gasteiger partial charge in [-0.2, -0.15) is 8.78 Å². The van der Waals surface area contributed by atoms with Crippen molar-refractivity contribution in [2.24, 2.45) is 5.92 Å². The Balaban J connectivity index is 2.60. The molecule has 0 fully saturated rings. The summed E-state index contributed by atoms with van der Waals surface area (Å²) in [5, 5.41) is 2.60. The molecule has 0 saturated carbocycles. The van der Waals surface area contributed by atoms with Crippen LogP contribution in [0.1, 0.15) is 19.4 Å². The molecule has 8 heteroatoms. The van der Waals surface area contributed by atoms with Gasteiger partial charge in [0.1, 0.15) is 5.75 Å². The smallest absolute Gasteiger partial charge is 0.387 e. The van der Waals surface area contributed by atoms with E-state index in [0.29, 0.717) is 11.0 Å². The van der Waals surface area contributed by atoms with Gasteiger partial charge in [-0.3, -0.25) is 4.79 Å². The molecule has 0 aliphatic carbocycles. The molecule has 0 spiro atoms. The molecule has 0 aromatic heterocycles. The fraction of sp³-hybridized carbons (Fsp3) is 0.375. The summed E-state index contributed by atoms with van der Waals surface area (Å²) in [7, 11) is 0. The molecular formula is C16H18BrF2NO4. The van der Waals surface area contributed by atoms with E-state index < -0.39 is 25.1 Å². The maximum atomic E-state index is 12.3. The third kappa shape index (κ3) is 8.05. The minimum absolute atomic E-state index is 0.0769. The molecule has 24 heavy (non-hydrogen) atoms. The molecule has 1 N–H and O–H groups in total. The molecule has 0 aliphatic heterocycles. The number of amides is 1. The lowest BCUT2D eigenvalue weighted by Crippen LogP contribution is -2.31. The van der Waals surface area contributed by atoms with Crippen molar-refractivity contribution in [1.29, 1.82) is 0 Å². The summed E-state index contributed by atoms with van der Waals surface area (Å²) in [4.78, 5) is 23.0. The van der Waals surface area contributed by atoms with E-state index in [1.54, 1.807) is 0 Å². The van der Waals surface area contributed by atoms with Gasteiger partial charge in [0.05, 0.1) is 0 Å². The highest BCUT2D eigenvalue weighted by molar-refractivity contribution is 9.10. The van der Waals surface area contributed by atoms with E-state index in [1.165, 1.54) is 24.3 Å². The summed E-state index contributed by atoms with van der Waals surface area (Å²) in [5.41, 5.74) is 0.269. The molecule has 5 nitrogen and oxygen atoms in total. The zero-order valence-corrected chi connectivity index (χ0v) is 14.8. The molecule has 0 unspecified atom stereocenters. The van der Waals surface area contributed by atoms with Crippen LogP contribution in [0.4, 0.5) is 8.78 Å². The monoisotopic (exact) mass is 405 g/mol. The van der Waals surface area contributed by atoms with Crippen molar-refractivity contribution in [3.05, 3.63) is 34.3 Å². The summed E-state index contributed by atoms with van der Waals surface area (Å²) in [6, 6.07) is 4.39. The number of carbonyl (C=O) groups excluding carboxylic acids is 2. The third-order valence-electron chi connectivity index (χ3n) is 2.64. The zero-order chi connectivity index (χ0) is 18.1. The Labute approximate surface area is 147 Å². The van der Waals surface area contributed by atoms with E-state index in [9.17, 15) is 18.4 Å². The Morgan fingerprint density at radius 1 is 1.33 bits per heavy atom. The zero-order valence-electron chi connectivity index (χ0n) is 13.2. The number of alkyl halides is 2. The SMILES string of the molecule is CC(C)CNC(=O)COC(=O)/C=C/c1cc(Br)ccc1OC(F)F. The maximum Gasteiger partial charge on any atom is 0.387 e. The number of hydrogen-bond donors (Lipinski definition) is 1. The summed E-state index contributed by atoms with van der Waals surface area (Å²) < 4.78 is 34.5. The molecular weight excluding hydrogens is 388 g/mol. The molecule has 132 valence electrons. The minimum atomic E-state index is -2.98. The fourth-order valence-electron chi connectivity index (χ4n) is 1.56. The number of benzene rings is 1. The van der Waals surface area contributed by atoms with E-state index in [4.69, 9.17) is 4.74 Å². The number of nitrogens with one attached hydrogen (secondary N) is 1. The predicted molar refractivity (Wildman–Crippen MR) is 88.6 cm³/mol. The third-order valence-corrected chi connectivity index (χ3v) is 3.13. The van der Waals surface area contributed by atoms with Gasteiger partial charge in [-0.1, -0.05) is 29.8 Å². The van der Waals surface area contributed by atoms with Gasteiger partial charge in [0.2, 0.25) is 0 Å². The van der Waals surface area contributed by atoms with Crippen LogP contribution >= 0.6 is 15.9 Å². The molecule has 0 saturated heterocycles. The average Bonchev–Trinajstić information content (AvgIpc) is 2.50. The van der Waals surface area contributed by atoms with Crippen LogP contribution in [0, 0.1) is 5.92 Å². The quantitative estimate of drug-likeness (QED) is 0.531. The maximum absolute atomic E-state index is 12.3. The molecule has 0 heterocycles. The van der Waals surface area contributed by atoms with Gasteiger partial charge in [0.15, 0.2) is 6.61 Å². The van der Waals surface area contributed by atoms with Gasteiger partial charge < -0.3 is 14.8 Å². The lowest BCUT2D eigenvalue weighted by Gasteiger charge is -2.08. The molecule has 1 rings (SSSR count). The van der Waals surface area contributed by atoms with Crippen LogP contribution in [0.2, 0.25) is 0 Å². The van der Waals surface area contributed by atoms with Crippen LogP contribution in [0.5, 0.6) is 5.75 Å². The topological polar surface area (TPSA) is 64.6 Å². The molecule has 0 radical (unpaired) electrons. The Morgan fingerprint density at radius 3 is 2.67 bits per heavy atom. The first-order chi connectivity index (χ1) is 11.3. The highest BCUT2D eigenvalue weighted by Crippen LogP contribution is 2.25. The van der Waals surface area contributed by atoms with Crippen LogP contribution < -0.4 is 10.1 Å². The molecule has 0 bridgehead atoms. The molecule has 1 aromatic carbocycles. The van der Waals surface area contributed by atoms with E-state index in [0.717, 1.165) is 6.08 Å². The number of rotatable bonds is 8. The van der Waals surface area contributed by atoms with Gasteiger partial charge in [-0.05, 0) is 30.2 Å². The van der Waals surface area contributed by atoms with Gasteiger partial charge in [0, 0.05) is 22.7 Å². The van der Waals surface area contributed by atoms with E-state index in [1.807, 2.05) is 13.8 Å². The normalized spacial score (nSPS) is 11.1. The van der Waals surface area contributed by atoms with Crippen LogP contribution in [-0.4, -0.2) is 31.6 Å². The number of carbonyl (C=O) groups is 2. The molecule has 0 atom stereocenters. The Hall–Kier alpha value is -1.96. The largest absolute Gasteiger partial charge is 0.452 e. The number of ether oxygens (including phenoxy) is 2. The van der Waals surface area contributed by atoms with Crippen molar-refractivity contribution in [3.63, 3.8) is 0 Å². The van der Waals surface area contributed by atoms with Crippen LogP contribution in [0.25, 0.3) is 6.08 Å². The van der Waals surface area contributed by atoms with Crippen molar-refractivity contribution < 1.29 is 27.8 Å². The fourth-order valence-corrected chi connectivity index (χ4v) is 1.94. The van der Waals surface area contributed by atoms with Gasteiger partial charge in [-0.15, -0.1) is 0 Å². The van der Waals surface area contributed by atoms with Gasteiger partial charge in [-0.25, -0.2) is 4.79 Å². The second-order valence-electron chi connectivity index (χ2n) is 5.20. The number of hydrogen-bond acceptors (Lipinski definition) is 4. The van der Waals surface area contributed by atoms with Crippen molar-refractivity contribution in [1.82, 2.24) is 5.32 Å². The highest BCUT2D eigenvalue weighted by atomic mass is 79.9. The lowest BCUT2D eigenvalue weighted by atomic mass is 10.2. The minimum Gasteiger partial charge on any atom is -0.452 e. The summed E-state index contributed by atoms with van der Waals surface area (Å²) >= 11 is 3.20. The summed E-state index contributed by atoms with van der Waals surface area (Å²) in [6.07, 6.45) is 2.31. The molecule has 1 aromatic rings. The lowest BCUT2D eigenvalue weighted by molar-refractivity contribution is -0.143. The van der Waals surface area contributed by atoms with Gasteiger partial charge >= 0.3 is 12.6 Å². The summed E-state index contributed by atoms with van der Waals surface area (Å²) in [5.74, 6) is -0.964. The van der Waals surface area contributed by atoms with E-state index >= 15 is 0 Å². The Bertz CT molecular complexity index is 606. The van der Waals surface area contributed by atoms with Crippen LogP contribution in [-0.2, 0) is 14.3 Å².